The molecule has 1 aromatic rings. The first kappa shape index (κ1) is 10.2. The van der Waals surface area contributed by atoms with Crippen molar-refractivity contribution < 1.29 is 25.9 Å². The van der Waals surface area contributed by atoms with Gasteiger partial charge in [-0.25, -0.2) is 0 Å². The molecule has 0 atom stereocenters. The van der Waals surface area contributed by atoms with Crippen molar-refractivity contribution in [2.45, 2.75) is 10.1 Å². The minimum absolute atomic E-state index is 0.694. The van der Waals surface area contributed by atoms with Crippen LogP contribution >= 0.6 is 0 Å². The third kappa shape index (κ3) is 2.28. The molecule has 3 N–H and O–H groups in total. The monoisotopic (exact) mass is 227 g/mol. The van der Waals surface area contributed by atoms with E-state index in [0.717, 1.165) is 12.1 Å². The lowest BCUT2D eigenvalue weighted by Crippen LogP contribution is -2.01. The normalized spacial score (nSPS) is 13.1. The first-order valence-electron chi connectivity index (χ1n) is 2.85. The molecule has 0 aliphatic rings. The van der Waals surface area contributed by atoms with E-state index in [-0.39, 0.29) is 0 Å². The van der Waals surface area contributed by atoms with E-state index in [1.165, 1.54) is 0 Å². The average Bonchev–Trinajstić information content (AvgIpc) is 2.28. The van der Waals surface area contributed by atoms with E-state index >= 15 is 0 Å². The summed E-state index contributed by atoms with van der Waals surface area (Å²) < 4.78 is 58.5. The summed E-state index contributed by atoms with van der Waals surface area (Å²) in [7, 11) is -8.95. The molecule has 0 aliphatic carbocycles. The van der Waals surface area contributed by atoms with Gasteiger partial charge in [0.25, 0.3) is 0 Å². The molecule has 0 fully saturated rings. The highest BCUT2D eigenvalue weighted by atomic mass is 32.2. The highest BCUT2D eigenvalue weighted by Crippen LogP contribution is 2.11. The molecule has 0 bridgehead atoms. The Morgan fingerprint density at radius 2 is 1.23 bits per heavy atom. The molecule has 0 saturated heterocycles. The minimum Gasteiger partial charge on any atom is -0.333 e. The minimum atomic E-state index is -4.47. The second-order valence-electron chi connectivity index (χ2n) is 2.14. The van der Waals surface area contributed by atoms with Crippen molar-refractivity contribution in [2.24, 2.45) is 0 Å². The molecule has 0 radical (unpaired) electrons. The topological polar surface area (TPSA) is 125 Å². The van der Waals surface area contributed by atoms with Crippen molar-refractivity contribution in [1.29, 1.82) is 0 Å². The van der Waals surface area contributed by atoms with Crippen LogP contribution in [-0.2, 0) is 20.2 Å². The summed E-state index contributed by atoms with van der Waals surface area (Å²) in [6.45, 7) is 0. The van der Waals surface area contributed by atoms with Crippen LogP contribution in [-0.4, -0.2) is 30.9 Å². The highest BCUT2D eigenvalue weighted by molar-refractivity contribution is 7.86. The van der Waals surface area contributed by atoms with Crippen molar-refractivity contribution in [1.82, 2.24) is 4.98 Å². The van der Waals surface area contributed by atoms with Crippen LogP contribution in [0, 0.1) is 0 Å². The van der Waals surface area contributed by atoms with E-state index < -0.39 is 30.3 Å². The Bertz CT molecular complexity index is 462. The van der Waals surface area contributed by atoms with Gasteiger partial charge in [0, 0.05) is 0 Å². The third-order valence-corrected chi connectivity index (χ3v) is 2.78. The van der Waals surface area contributed by atoms with Gasteiger partial charge in [-0.15, -0.1) is 0 Å². The summed E-state index contributed by atoms with van der Waals surface area (Å²) in [5.41, 5.74) is 0. The maximum Gasteiger partial charge on any atom is 0.310 e. The summed E-state index contributed by atoms with van der Waals surface area (Å²) in [5.74, 6) is 0. The van der Waals surface area contributed by atoms with E-state index in [2.05, 4.69) is 0 Å². The summed E-state index contributed by atoms with van der Waals surface area (Å²) in [5, 5.41) is -1.39. The smallest absolute Gasteiger partial charge is 0.310 e. The largest absolute Gasteiger partial charge is 0.333 e. The Hall–Kier alpha value is -0.900. The van der Waals surface area contributed by atoms with Crippen LogP contribution in [0.5, 0.6) is 0 Å². The van der Waals surface area contributed by atoms with Crippen LogP contribution in [0.4, 0.5) is 0 Å². The Morgan fingerprint density at radius 3 is 1.38 bits per heavy atom. The van der Waals surface area contributed by atoms with Gasteiger partial charge in [0.2, 0.25) is 0 Å². The number of hydrogen-bond acceptors (Lipinski definition) is 4. The zero-order chi connectivity index (χ0) is 10.3. The molecule has 0 aliphatic heterocycles. The zero-order valence-corrected chi connectivity index (χ0v) is 7.63. The lowest BCUT2D eigenvalue weighted by atomic mass is 10.7. The van der Waals surface area contributed by atoms with Gasteiger partial charge in [-0.3, -0.25) is 9.11 Å². The standard InChI is InChI=1S/C4H5NO6S2/c6-12(7,8)3-1-2-4(5-3)13(9,10)11/h1-2,5H,(H,6,7,8)(H,9,10,11). The molecule has 1 heterocycles. The molecular formula is C4H5NO6S2. The number of nitrogens with one attached hydrogen (secondary N) is 1. The number of rotatable bonds is 2. The molecule has 9 heteroatoms. The Labute approximate surface area is 73.9 Å². The summed E-state index contributed by atoms with van der Waals surface area (Å²) >= 11 is 0. The van der Waals surface area contributed by atoms with Crippen LogP contribution in [0.15, 0.2) is 22.2 Å². The van der Waals surface area contributed by atoms with Crippen molar-refractivity contribution in [2.75, 3.05) is 0 Å². The molecule has 0 unspecified atom stereocenters. The van der Waals surface area contributed by atoms with Crippen molar-refractivity contribution in [3.8, 4) is 0 Å². The second kappa shape index (κ2) is 2.80. The molecular weight excluding hydrogens is 222 g/mol. The molecule has 0 saturated carbocycles. The van der Waals surface area contributed by atoms with Gasteiger partial charge in [-0.1, -0.05) is 0 Å². The summed E-state index contributed by atoms with van der Waals surface area (Å²) in [6.07, 6.45) is 0. The third-order valence-electron chi connectivity index (χ3n) is 1.19. The van der Waals surface area contributed by atoms with Crippen LogP contribution in [0.1, 0.15) is 0 Å². The predicted octanol–water partition coefficient (Wildman–Crippen LogP) is -0.492. The molecule has 0 spiro atoms. The number of hydrogen-bond donors (Lipinski definition) is 3. The van der Waals surface area contributed by atoms with Crippen LogP contribution in [0.2, 0.25) is 0 Å². The van der Waals surface area contributed by atoms with Crippen molar-refractivity contribution >= 4 is 20.2 Å². The van der Waals surface area contributed by atoms with E-state index in [4.69, 9.17) is 9.11 Å². The first-order chi connectivity index (χ1) is 5.71. The Balaban J connectivity index is 3.32. The SMILES string of the molecule is O=S(=O)(O)c1ccc(S(=O)(=O)O)[nH]1. The Kier molecular flexibility index (Phi) is 2.20. The summed E-state index contributed by atoms with van der Waals surface area (Å²) in [6, 6.07) is 1.64. The maximum absolute atomic E-state index is 10.4. The predicted molar refractivity (Wildman–Crippen MR) is 40.4 cm³/mol. The molecule has 0 amide bonds. The molecule has 7 nitrogen and oxygen atoms in total. The lowest BCUT2D eigenvalue weighted by Gasteiger charge is -1.91. The fourth-order valence-electron chi connectivity index (χ4n) is 0.657. The molecule has 74 valence electrons. The van der Waals surface area contributed by atoms with E-state index in [0.29, 0.717) is 0 Å². The number of H-pyrrole nitrogens is 1. The molecule has 13 heavy (non-hydrogen) atoms. The average molecular weight is 227 g/mol. The molecule has 0 aromatic carbocycles. The van der Waals surface area contributed by atoms with Gasteiger partial charge in [0.05, 0.1) is 0 Å². The fourth-order valence-corrected chi connectivity index (χ4v) is 1.68. The van der Waals surface area contributed by atoms with Gasteiger partial charge in [-0.2, -0.15) is 16.8 Å². The number of aromatic nitrogens is 1. The van der Waals surface area contributed by atoms with Gasteiger partial charge in [0.1, 0.15) is 0 Å². The van der Waals surface area contributed by atoms with E-state index in [1.807, 2.05) is 4.98 Å². The Morgan fingerprint density at radius 1 is 0.923 bits per heavy atom. The van der Waals surface area contributed by atoms with Gasteiger partial charge < -0.3 is 4.98 Å². The molecule has 1 rings (SSSR count). The zero-order valence-electron chi connectivity index (χ0n) is 6.00. The highest BCUT2D eigenvalue weighted by Gasteiger charge is 2.17. The number of aromatic amines is 1. The maximum atomic E-state index is 10.4. The second-order valence-corrected chi connectivity index (χ2v) is 4.92. The van der Waals surface area contributed by atoms with Crippen molar-refractivity contribution in [3.05, 3.63) is 12.1 Å². The van der Waals surface area contributed by atoms with Gasteiger partial charge in [-0.05, 0) is 12.1 Å². The van der Waals surface area contributed by atoms with Crippen LogP contribution < -0.4 is 0 Å². The van der Waals surface area contributed by atoms with Crippen LogP contribution in [0.3, 0.4) is 0 Å². The fraction of sp³-hybridized carbons (Fsp3) is 0. The summed E-state index contributed by atoms with van der Waals surface area (Å²) in [4.78, 5) is 1.82. The van der Waals surface area contributed by atoms with Gasteiger partial charge in [0.15, 0.2) is 10.1 Å². The molecule has 1 aromatic heterocycles. The quantitative estimate of drug-likeness (QED) is 0.585. The van der Waals surface area contributed by atoms with Crippen molar-refractivity contribution in [3.63, 3.8) is 0 Å². The first-order valence-corrected chi connectivity index (χ1v) is 5.73. The van der Waals surface area contributed by atoms with Gasteiger partial charge >= 0.3 is 20.2 Å². The van der Waals surface area contributed by atoms with Crippen LogP contribution in [0.25, 0.3) is 0 Å². The van der Waals surface area contributed by atoms with E-state index in [1.54, 1.807) is 0 Å². The lowest BCUT2D eigenvalue weighted by molar-refractivity contribution is 0.475. The van der Waals surface area contributed by atoms with E-state index in [9.17, 15) is 16.8 Å².